The van der Waals surface area contributed by atoms with E-state index in [-0.39, 0.29) is 22.4 Å². The fourth-order valence-electron chi connectivity index (χ4n) is 5.42. The molecule has 2 N–H and O–H groups in total. The largest absolute Gasteiger partial charge is 0.386 e. The number of rotatable bonds is 26. The van der Waals surface area contributed by atoms with Crippen molar-refractivity contribution in [1.29, 1.82) is 0 Å². The average Bonchev–Trinajstić information content (AvgIpc) is 3.06. The van der Waals surface area contributed by atoms with Crippen LogP contribution >= 0.6 is 11.6 Å². The maximum atomic E-state index is 10.9. The lowest BCUT2D eigenvalue weighted by atomic mass is 9.82. The third kappa shape index (κ3) is 71.3. The van der Waals surface area contributed by atoms with Crippen LogP contribution in [0.5, 0.6) is 0 Å². The minimum Gasteiger partial charge on any atom is -0.386 e. The number of alkyl halides is 1. The molecule has 0 atom stereocenters. The molecule has 8 nitrogen and oxygen atoms in total. The van der Waals surface area contributed by atoms with Crippen LogP contribution in [0.4, 0.5) is 0 Å². The van der Waals surface area contributed by atoms with Gasteiger partial charge >= 0.3 is 0 Å². The first-order valence-corrected chi connectivity index (χ1v) is 22.4. The molecule has 0 aromatic carbocycles. The van der Waals surface area contributed by atoms with E-state index < -0.39 is 11.2 Å². The van der Waals surface area contributed by atoms with Gasteiger partial charge in [-0.05, 0) is 135 Å². The van der Waals surface area contributed by atoms with Crippen LogP contribution in [0.2, 0.25) is 0 Å². The van der Waals surface area contributed by atoms with Crippen molar-refractivity contribution in [3.8, 4) is 11.8 Å². The lowest BCUT2D eigenvalue weighted by Crippen LogP contribution is -2.16. The number of halogens is 1. The number of unbranched alkanes of at least 4 members (excludes halogenated alkanes) is 4. The molecular weight excluding hydrogens is 764 g/mol. The molecule has 0 bridgehead atoms. The number of ether oxygens (including phenoxy) is 4. The molecule has 0 saturated heterocycles. The Morgan fingerprint density at radius 3 is 1.29 bits per heavy atom. The molecule has 9 heteroatoms. The summed E-state index contributed by atoms with van der Waals surface area (Å²) < 4.78 is 19.8. The second-order valence-corrected chi connectivity index (χ2v) is 19.6. The van der Waals surface area contributed by atoms with Gasteiger partial charge in [-0.1, -0.05) is 90.4 Å². The topological polar surface area (TPSA) is 112 Å². The highest BCUT2D eigenvalue weighted by Crippen LogP contribution is 2.29. The number of methoxy groups -OCH3 is 4. The number of hydrogen-bond donors (Lipinski definition) is 2. The van der Waals surface area contributed by atoms with E-state index in [1.165, 1.54) is 19.3 Å². The van der Waals surface area contributed by atoms with E-state index in [1.54, 1.807) is 76.1 Å². The molecule has 0 aliphatic carbocycles. The Labute approximate surface area is 371 Å². The Morgan fingerprint density at radius 2 is 0.983 bits per heavy atom. The van der Waals surface area contributed by atoms with Gasteiger partial charge in [-0.25, -0.2) is 0 Å². The molecule has 0 rings (SSSR count). The number of Topliss-reactive ketones (excluding diaryl/α,β-unsaturated/α-hetero) is 1. The van der Waals surface area contributed by atoms with Gasteiger partial charge in [-0.3, -0.25) is 4.79 Å². The summed E-state index contributed by atoms with van der Waals surface area (Å²) in [5.74, 6) is 7.10. The zero-order chi connectivity index (χ0) is 47.0. The van der Waals surface area contributed by atoms with Gasteiger partial charge in [0.1, 0.15) is 11.4 Å². The number of carbonyl (C=O) groups is 2. The van der Waals surface area contributed by atoms with Gasteiger partial charge in [0.2, 0.25) is 0 Å². The van der Waals surface area contributed by atoms with Crippen molar-refractivity contribution < 1.29 is 38.7 Å². The van der Waals surface area contributed by atoms with Crippen LogP contribution in [0.15, 0.2) is 23.8 Å². The average molecular weight is 862 g/mol. The van der Waals surface area contributed by atoms with Gasteiger partial charge in [0.05, 0.1) is 5.60 Å². The first-order valence-electron chi connectivity index (χ1n) is 21.8. The summed E-state index contributed by atoms with van der Waals surface area (Å²) in [7, 11) is 6.91. The van der Waals surface area contributed by atoms with Crippen LogP contribution < -0.4 is 0 Å². The molecule has 0 aliphatic rings. The summed E-state index contributed by atoms with van der Waals surface area (Å²) in [4.78, 5) is 21.1. The molecule has 0 unspecified atom stereocenters. The fourth-order valence-corrected chi connectivity index (χ4v) is 5.61. The number of ketones is 2. The highest BCUT2D eigenvalue weighted by Gasteiger charge is 2.19. The summed E-state index contributed by atoms with van der Waals surface area (Å²) in [6.45, 7) is 30.7. The van der Waals surface area contributed by atoms with E-state index in [1.807, 2.05) is 19.9 Å². The van der Waals surface area contributed by atoms with E-state index in [9.17, 15) is 19.8 Å². The lowest BCUT2D eigenvalue weighted by molar-refractivity contribution is -0.119. The third-order valence-electron chi connectivity index (χ3n) is 8.46. The summed E-state index contributed by atoms with van der Waals surface area (Å²) >= 11 is 5.38. The van der Waals surface area contributed by atoms with E-state index in [4.69, 9.17) is 30.5 Å². The van der Waals surface area contributed by atoms with E-state index in [0.717, 1.165) is 102 Å². The molecule has 0 radical (unpaired) electrons. The summed E-state index contributed by atoms with van der Waals surface area (Å²) in [5.41, 5.74) is 0.215. The van der Waals surface area contributed by atoms with Crippen LogP contribution in [-0.4, -0.2) is 93.7 Å². The number of carbonyl (C=O) groups excluding carboxylic acids is 2. The maximum Gasteiger partial charge on any atom is 0.152 e. The zero-order valence-corrected chi connectivity index (χ0v) is 42.6. The fraction of sp³-hybridized carbons (Fsp3) is 0.840. The molecule has 0 aliphatic heterocycles. The Bertz CT molecular complexity index is 1090. The van der Waals surface area contributed by atoms with Gasteiger partial charge in [-0.15, -0.1) is 11.6 Å². The monoisotopic (exact) mass is 861 g/mol. The molecule has 0 amide bonds. The molecule has 0 aromatic heterocycles. The van der Waals surface area contributed by atoms with E-state index in [0.29, 0.717) is 11.8 Å². The molecule has 0 aromatic rings. The van der Waals surface area contributed by atoms with Crippen molar-refractivity contribution in [2.45, 2.75) is 198 Å². The number of hydrogen-bond acceptors (Lipinski definition) is 8. The lowest BCUT2D eigenvalue weighted by Gasteiger charge is -2.23. The van der Waals surface area contributed by atoms with Gasteiger partial charge in [0, 0.05) is 73.6 Å². The maximum absolute atomic E-state index is 10.9. The molecule has 0 spiro atoms. The Morgan fingerprint density at radius 1 is 0.593 bits per heavy atom. The summed E-state index contributed by atoms with van der Waals surface area (Å²) in [6.07, 6.45) is 20.6. The van der Waals surface area contributed by atoms with Crippen molar-refractivity contribution in [3.63, 3.8) is 0 Å². The molecule has 0 heterocycles. The predicted molar refractivity (Wildman–Crippen MR) is 255 cm³/mol. The quantitative estimate of drug-likeness (QED) is 0.0291. The summed E-state index contributed by atoms with van der Waals surface area (Å²) in [5, 5.41) is 19.0. The number of allylic oxidation sites excluding steroid dienone is 3. The highest BCUT2D eigenvalue weighted by molar-refractivity contribution is 6.17. The second-order valence-electron chi connectivity index (χ2n) is 19.2. The Hall–Kier alpha value is -1.57. The molecule has 352 valence electrons. The van der Waals surface area contributed by atoms with Gasteiger partial charge in [0.25, 0.3) is 0 Å². The first kappa shape index (κ1) is 66.5. The third-order valence-corrected chi connectivity index (χ3v) is 8.73. The SMILES string of the molecule is CC(=O)C=C(C)C.COCCCCC(C)(C)C/C=C\C(C)(C)O.COCCCCC(C)(C)CC#CC(C)(C)O.COCCCCC(C)(C)CC(C)=O.COCCCCCl. The molecule has 0 saturated carbocycles. The Kier molecular flexibility index (Phi) is 45.7. The van der Waals surface area contributed by atoms with E-state index in [2.05, 4.69) is 59.5 Å². The molecular formula is C50H97ClO8. The summed E-state index contributed by atoms with van der Waals surface area (Å²) in [6, 6.07) is 0. The van der Waals surface area contributed by atoms with Gasteiger partial charge in [-0.2, -0.15) is 0 Å². The predicted octanol–water partition coefficient (Wildman–Crippen LogP) is 12.5. The molecule has 0 fully saturated rings. The zero-order valence-electron chi connectivity index (χ0n) is 41.9. The standard InChI is InChI=1S/C14H28O2.C14H26O2.C11H22O2.C6H10O.C5H11ClO/c2*1-13(2,9-6-7-12-16-5)10-8-11-14(3,4)15;1-10(12)9-11(2,3)7-5-6-8-13-4;1-5(2)4-6(3)7;1-7-5-3-2-4-6/h8,11,15H,6-7,9-10,12H2,1-5H3;15H,6-7,9-10,12H2,1-5H3;5-9H2,1-4H3;4H,1-3H3;2-5H2,1H3/b11-8-;;;;. The van der Waals surface area contributed by atoms with Crippen molar-refractivity contribution in [2.75, 3.05) is 60.7 Å². The van der Waals surface area contributed by atoms with Gasteiger partial charge < -0.3 is 34.0 Å². The minimum absolute atomic E-state index is 0.125. The van der Waals surface area contributed by atoms with E-state index >= 15 is 0 Å². The first-order chi connectivity index (χ1) is 27.1. The van der Waals surface area contributed by atoms with Crippen molar-refractivity contribution >= 4 is 23.2 Å². The van der Waals surface area contributed by atoms with Crippen LogP contribution in [0.25, 0.3) is 0 Å². The highest BCUT2D eigenvalue weighted by atomic mass is 35.5. The van der Waals surface area contributed by atoms with Crippen LogP contribution in [0.3, 0.4) is 0 Å². The van der Waals surface area contributed by atoms with Crippen molar-refractivity contribution in [2.24, 2.45) is 16.2 Å². The van der Waals surface area contributed by atoms with Crippen LogP contribution in [-0.2, 0) is 28.5 Å². The molecule has 59 heavy (non-hydrogen) atoms. The van der Waals surface area contributed by atoms with Crippen molar-refractivity contribution in [3.05, 3.63) is 23.8 Å². The smallest absolute Gasteiger partial charge is 0.152 e. The minimum atomic E-state index is -0.869. The van der Waals surface area contributed by atoms with Crippen molar-refractivity contribution in [1.82, 2.24) is 0 Å². The van der Waals surface area contributed by atoms with Gasteiger partial charge in [0.15, 0.2) is 5.78 Å². The normalized spacial score (nSPS) is 11.6. The second kappa shape index (κ2) is 40.5. The Balaban J connectivity index is -0.000000214. The van der Waals surface area contributed by atoms with Crippen LogP contribution in [0.1, 0.15) is 187 Å². The van der Waals surface area contributed by atoms with Crippen LogP contribution in [0, 0.1) is 28.1 Å². The number of aliphatic hydroxyl groups is 2.